The Morgan fingerprint density at radius 2 is 1.00 bits per heavy atom. The first-order valence-corrected chi connectivity index (χ1v) is 10.7. The molecule has 2 aromatic rings. The van der Waals surface area contributed by atoms with Crippen LogP contribution in [-0.4, -0.2) is 18.5 Å². The number of hydrogen-bond donors (Lipinski definition) is 0. The second-order valence-corrected chi connectivity index (χ2v) is 10.0. The summed E-state index contributed by atoms with van der Waals surface area (Å²) in [5.41, 5.74) is -0.131. The molecule has 0 aliphatic heterocycles. The van der Waals surface area contributed by atoms with Crippen molar-refractivity contribution in [2.24, 2.45) is 0 Å². The zero-order chi connectivity index (χ0) is 19.4. The van der Waals surface area contributed by atoms with Crippen molar-refractivity contribution < 1.29 is 47.3 Å². The van der Waals surface area contributed by atoms with Gasteiger partial charge in [-0.1, -0.05) is 12.1 Å². The fourth-order valence-electron chi connectivity index (χ4n) is 2.07. The molecule has 0 atom stereocenters. The Bertz CT molecular complexity index is 757. The number of hydrogen-bond acceptors (Lipinski definition) is 3. The molecule has 2 rings (SSSR count). The quantitative estimate of drug-likeness (QED) is 0.363. The molecule has 8 heteroatoms. The van der Waals surface area contributed by atoms with Crippen LogP contribution >= 0.6 is 0 Å². The van der Waals surface area contributed by atoms with Crippen molar-refractivity contribution in [1.82, 2.24) is 0 Å². The van der Waals surface area contributed by atoms with Crippen LogP contribution in [0.15, 0.2) is 36.4 Å². The van der Waals surface area contributed by atoms with E-state index in [0.717, 1.165) is 0 Å². The fraction of sp³-hybridized carbons (Fsp3) is 0.294. The van der Waals surface area contributed by atoms with E-state index in [4.69, 9.17) is 13.0 Å². The van der Waals surface area contributed by atoms with E-state index >= 15 is 0 Å². The summed E-state index contributed by atoms with van der Waals surface area (Å²) in [6, 6.07) is 13.8. The monoisotopic (exact) mass is 486 g/mol. The van der Waals surface area contributed by atoms with Gasteiger partial charge in [0.1, 0.15) is 0 Å². The second-order valence-electron chi connectivity index (χ2n) is 5.61. The van der Waals surface area contributed by atoms with Crippen LogP contribution in [0.1, 0.15) is 22.3 Å². The topological polar surface area (TPSA) is 57.2 Å². The first-order valence-electron chi connectivity index (χ1n) is 7.11. The number of rotatable bonds is 2. The van der Waals surface area contributed by atoms with E-state index in [1.54, 1.807) is 0 Å². The molecule has 3 nitrogen and oxygen atoms in total. The maximum Gasteiger partial charge on any atom is 0.485 e. The summed E-state index contributed by atoms with van der Waals surface area (Å²) in [5, 5.41) is 0. The summed E-state index contributed by atoms with van der Waals surface area (Å²) in [6.07, 6.45) is 0. The van der Waals surface area contributed by atoms with Crippen molar-refractivity contribution in [1.29, 1.82) is 0 Å². The maximum atomic E-state index is 10.7. The van der Waals surface area contributed by atoms with Gasteiger partial charge in [0.25, 0.3) is 0 Å². The normalized spacial score (nSPS) is 11.7. The lowest BCUT2D eigenvalue weighted by molar-refractivity contribution is -0.597. The molecular weight excluding hydrogens is 468 g/mol. The van der Waals surface area contributed by atoms with Crippen molar-refractivity contribution in [3.05, 3.63) is 65.8 Å². The van der Waals surface area contributed by atoms with Crippen LogP contribution in [0.2, 0.25) is 0 Å². The van der Waals surface area contributed by atoms with Crippen LogP contribution in [-0.2, 0) is 10.1 Å². The van der Waals surface area contributed by atoms with Gasteiger partial charge in [0, 0.05) is 0 Å². The van der Waals surface area contributed by atoms with Gasteiger partial charge in [-0.15, -0.1) is 0 Å². The lowest BCUT2D eigenvalue weighted by Crippen LogP contribution is -3.61. The third-order valence-corrected chi connectivity index (χ3v) is 5.93. The molecule has 0 heterocycles. The van der Waals surface area contributed by atoms with Gasteiger partial charge in [-0.25, -0.2) is 8.42 Å². The highest BCUT2D eigenvalue weighted by molar-refractivity contribution is 7.86. The van der Waals surface area contributed by atoms with Gasteiger partial charge in [0.2, 0.25) is 0 Å². The highest BCUT2D eigenvalue weighted by atomic mass is 127. The van der Waals surface area contributed by atoms with Gasteiger partial charge in [-0.3, -0.25) is 0 Å². The van der Waals surface area contributed by atoms with Crippen LogP contribution < -0.4 is 21.2 Å². The first-order chi connectivity index (χ1) is 11.3. The van der Waals surface area contributed by atoms with E-state index in [-0.39, 0.29) is 21.2 Å². The van der Waals surface area contributed by atoms with Crippen molar-refractivity contribution in [3.8, 4) is 0 Å². The Kier molecular flexibility index (Phi) is 7.45. The Balaban J connectivity index is 0.000000333. The molecule has 0 aliphatic rings. The molecule has 0 saturated carbocycles. The van der Waals surface area contributed by atoms with E-state index < -0.39 is 15.6 Å². The highest BCUT2D eigenvalue weighted by Gasteiger charge is 2.36. The molecule has 138 valence electrons. The van der Waals surface area contributed by atoms with Gasteiger partial charge < -0.3 is 4.55 Å². The standard InChI is InChI=1S/C16H18I.CHF3O3S/c1-11-5-12(2)8-15(7-11)17-16-9-13(3)6-14(4)10-16;2-1(3,4)8(5,6)7/h5-10H,1-4H3;(H,5,6,7)/q+1;/p-1. The molecule has 0 radical (unpaired) electrons. The Morgan fingerprint density at radius 3 is 1.20 bits per heavy atom. The molecule has 0 amide bonds. The predicted molar refractivity (Wildman–Crippen MR) is 85.0 cm³/mol. The lowest BCUT2D eigenvalue weighted by atomic mass is 10.2. The van der Waals surface area contributed by atoms with Gasteiger partial charge in [-0.05, 0) is 74.2 Å². The third-order valence-electron chi connectivity index (χ3n) is 2.87. The lowest BCUT2D eigenvalue weighted by Gasteiger charge is -2.08. The maximum absolute atomic E-state index is 10.7. The Morgan fingerprint density at radius 1 is 0.760 bits per heavy atom. The van der Waals surface area contributed by atoms with Crippen LogP contribution in [0, 0.1) is 34.8 Å². The molecule has 0 fully saturated rings. The zero-order valence-electron chi connectivity index (χ0n) is 14.1. The van der Waals surface area contributed by atoms with Crippen molar-refractivity contribution >= 4 is 10.1 Å². The van der Waals surface area contributed by atoms with E-state index in [1.165, 1.54) is 29.4 Å². The summed E-state index contributed by atoms with van der Waals surface area (Å²) in [6.45, 7) is 8.73. The van der Waals surface area contributed by atoms with E-state index in [9.17, 15) is 13.2 Å². The van der Waals surface area contributed by atoms with Crippen LogP contribution in [0.25, 0.3) is 0 Å². The first kappa shape index (κ1) is 21.9. The average molecular weight is 486 g/mol. The molecule has 25 heavy (non-hydrogen) atoms. The minimum Gasteiger partial charge on any atom is -0.741 e. The van der Waals surface area contributed by atoms with Gasteiger partial charge >= 0.3 is 26.7 Å². The van der Waals surface area contributed by atoms with E-state index in [0.29, 0.717) is 0 Å². The van der Waals surface area contributed by atoms with Crippen molar-refractivity contribution in [3.63, 3.8) is 0 Å². The molecule has 0 N–H and O–H groups in total. The van der Waals surface area contributed by atoms with Crippen LogP contribution in [0.4, 0.5) is 13.2 Å². The highest BCUT2D eigenvalue weighted by Crippen LogP contribution is 2.20. The van der Waals surface area contributed by atoms with Crippen molar-refractivity contribution in [2.45, 2.75) is 33.2 Å². The number of benzene rings is 2. The fourth-order valence-corrected chi connectivity index (χ4v) is 5.38. The number of halogens is 4. The molecule has 0 aromatic heterocycles. The van der Waals surface area contributed by atoms with Gasteiger partial charge in [0.05, 0.1) is 0 Å². The third kappa shape index (κ3) is 7.74. The molecule has 0 unspecified atom stereocenters. The van der Waals surface area contributed by atoms with Crippen molar-refractivity contribution in [2.75, 3.05) is 0 Å². The number of alkyl halides is 3. The van der Waals surface area contributed by atoms with E-state index in [1.807, 2.05) is 0 Å². The molecule has 0 bridgehead atoms. The largest absolute Gasteiger partial charge is 0.741 e. The van der Waals surface area contributed by atoms with E-state index in [2.05, 4.69) is 64.1 Å². The minimum atomic E-state index is -6.09. The Labute approximate surface area is 156 Å². The smallest absolute Gasteiger partial charge is 0.485 e. The molecule has 0 aliphatic carbocycles. The van der Waals surface area contributed by atoms with Crippen LogP contribution in [0.5, 0.6) is 0 Å². The van der Waals surface area contributed by atoms with Crippen LogP contribution in [0.3, 0.4) is 0 Å². The summed E-state index contributed by atoms with van der Waals surface area (Å²) in [4.78, 5) is 0. The molecule has 0 spiro atoms. The number of aryl methyl sites for hydroxylation is 4. The summed E-state index contributed by atoms with van der Waals surface area (Å²) < 4.78 is 61.9. The SMILES string of the molecule is Cc1cc(C)cc([I+]c2cc(C)cc(C)c2)c1.O=S(=O)([O-])C(F)(F)F. The van der Waals surface area contributed by atoms with Gasteiger partial charge in [-0.2, -0.15) is 13.2 Å². The summed E-state index contributed by atoms with van der Waals surface area (Å²) in [5.74, 6) is 0. The second kappa shape index (κ2) is 8.50. The Hall–Kier alpha value is -1.13. The molecule has 2 aromatic carbocycles. The average Bonchev–Trinajstić information content (AvgIpc) is 2.33. The van der Waals surface area contributed by atoms with Gasteiger partial charge in [0.15, 0.2) is 17.3 Å². The predicted octanol–water partition coefficient (Wildman–Crippen LogP) is 1.10. The minimum absolute atomic E-state index is 0.0384. The summed E-state index contributed by atoms with van der Waals surface area (Å²) in [7, 11) is -6.09. The molecular formula is C17H18F3IO3S. The molecule has 0 saturated heterocycles. The summed E-state index contributed by atoms with van der Waals surface area (Å²) >= 11 is -0.0384. The zero-order valence-corrected chi connectivity index (χ0v) is 17.1.